The topological polar surface area (TPSA) is 124 Å². The van der Waals surface area contributed by atoms with Gasteiger partial charge in [0.1, 0.15) is 4.88 Å². The highest BCUT2D eigenvalue weighted by atomic mass is 32.1. The molecule has 9 heteroatoms. The van der Waals surface area contributed by atoms with Gasteiger partial charge in [0, 0.05) is 23.5 Å². The molecular weight excluding hydrogens is 492 g/mol. The van der Waals surface area contributed by atoms with Crippen molar-refractivity contribution < 1.29 is 29.4 Å². The summed E-state index contributed by atoms with van der Waals surface area (Å²) in [6.45, 7) is 2.85. The number of carbonyl (C=O) groups excluding carboxylic acids is 2. The molecule has 202 valence electrons. The molecule has 0 radical (unpaired) electrons. The van der Waals surface area contributed by atoms with Crippen molar-refractivity contribution in [3.63, 3.8) is 0 Å². The van der Waals surface area contributed by atoms with Gasteiger partial charge >= 0.3 is 17.8 Å². The minimum atomic E-state index is -1.59. The van der Waals surface area contributed by atoms with Gasteiger partial charge in [0.05, 0.1) is 6.54 Å². The molecule has 2 rings (SSSR count). The van der Waals surface area contributed by atoms with Gasteiger partial charge in [0.2, 0.25) is 0 Å². The van der Waals surface area contributed by atoms with Gasteiger partial charge in [-0.15, -0.1) is 11.3 Å². The fourth-order valence-corrected chi connectivity index (χ4v) is 4.86. The van der Waals surface area contributed by atoms with Crippen molar-refractivity contribution >= 4 is 35.1 Å². The first-order valence-corrected chi connectivity index (χ1v) is 13.8. The predicted octanol–water partition coefficient (Wildman–Crippen LogP) is 5.71. The number of unbranched alkanes of at least 4 members (excludes halogenated alkanes) is 9. The Morgan fingerprint density at radius 2 is 1.38 bits per heavy atom. The Kier molecular flexibility index (Phi) is 13.4. The smallest absolute Gasteiger partial charge is 0.394 e. The second kappa shape index (κ2) is 16.5. The minimum Gasteiger partial charge on any atom is -0.477 e. The highest BCUT2D eigenvalue weighted by Crippen LogP contribution is 2.20. The van der Waals surface area contributed by atoms with Crippen LogP contribution >= 0.6 is 11.3 Å². The monoisotopic (exact) mass is 530 g/mol. The van der Waals surface area contributed by atoms with Crippen LogP contribution in [0.1, 0.15) is 102 Å². The van der Waals surface area contributed by atoms with Crippen LogP contribution in [0.4, 0.5) is 0 Å². The number of hydrogen-bond acceptors (Lipinski definition) is 5. The SMILES string of the molecule is CCCCCCCCCCCCNC(=O)c1ccc(CN(Cc2ccc(C(=O)O)s2)C(=O)C(=O)O)cc1. The largest absolute Gasteiger partial charge is 0.477 e. The van der Waals surface area contributed by atoms with Crippen LogP contribution < -0.4 is 5.32 Å². The lowest BCUT2D eigenvalue weighted by atomic mass is 10.1. The number of nitrogens with one attached hydrogen (secondary N) is 1. The molecule has 8 nitrogen and oxygen atoms in total. The van der Waals surface area contributed by atoms with Crippen LogP contribution in [0.2, 0.25) is 0 Å². The summed E-state index contributed by atoms with van der Waals surface area (Å²) in [6.07, 6.45) is 12.4. The first kappa shape index (κ1) is 30.0. The van der Waals surface area contributed by atoms with Crippen LogP contribution in [0.5, 0.6) is 0 Å². The Hall–Kier alpha value is -3.20. The normalized spacial score (nSPS) is 10.7. The number of amides is 2. The summed E-state index contributed by atoms with van der Waals surface area (Å²) in [5.74, 6) is -3.91. The molecule has 37 heavy (non-hydrogen) atoms. The fourth-order valence-electron chi connectivity index (χ4n) is 4.00. The molecular formula is C28H38N2O6S. The van der Waals surface area contributed by atoms with Crippen LogP contribution in [0, 0.1) is 0 Å². The van der Waals surface area contributed by atoms with Crippen molar-refractivity contribution in [3.05, 3.63) is 57.3 Å². The summed E-state index contributed by atoms with van der Waals surface area (Å²) in [6, 6.07) is 9.68. The van der Waals surface area contributed by atoms with Crippen molar-refractivity contribution in [3.8, 4) is 0 Å². The zero-order chi connectivity index (χ0) is 27.0. The van der Waals surface area contributed by atoms with Crippen molar-refractivity contribution in [1.82, 2.24) is 10.2 Å². The first-order valence-electron chi connectivity index (χ1n) is 13.0. The Bertz CT molecular complexity index is 1020. The Labute approximate surface area is 222 Å². The van der Waals surface area contributed by atoms with E-state index in [1.165, 1.54) is 57.4 Å². The van der Waals surface area contributed by atoms with Crippen LogP contribution in [0.3, 0.4) is 0 Å². The van der Waals surface area contributed by atoms with E-state index in [4.69, 9.17) is 5.11 Å². The van der Waals surface area contributed by atoms with E-state index in [0.717, 1.165) is 29.1 Å². The summed E-state index contributed by atoms with van der Waals surface area (Å²) in [7, 11) is 0. The summed E-state index contributed by atoms with van der Waals surface area (Å²) in [4.78, 5) is 48.8. The van der Waals surface area contributed by atoms with E-state index in [2.05, 4.69) is 12.2 Å². The van der Waals surface area contributed by atoms with E-state index in [-0.39, 0.29) is 23.9 Å². The lowest BCUT2D eigenvalue weighted by molar-refractivity contribution is -0.156. The third kappa shape index (κ3) is 11.2. The molecule has 0 fully saturated rings. The maximum atomic E-state index is 12.4. The maximum absolute atomic E-state index is 12.4. The quantitative estimate of drug-likeness (QED) is 0.178. The average Bonchev–Trinajstić information content (AvgIpc) is 3.35. The number of aliphatic carboxylic acids is 1. The molecule has 3 N–H and O–H groups in total. The molecule has 0 aliphatic heterocycles. The molecule has 0 atom stereocenters. The molecule has 1 aromatic heterocycles. The third-order valence-electron chi connectivity index (χ3n) is 6.09. The van der Waals surface area contributed by atoms with Crippen LogP contribution in [0.25, 0.3) is 0 Å². The summed E-state index contributed by atoms with van der Waals surface area (Å²) in [5, 5.41) is 21.2. The molecule has 2 aromatic rings. The third-order valence-corrected chi connectivity index (χ3v) is 7.15. The molecule has 0 saturated carbocycles. The predicted molar refractivity (Wildman–Crippen MR) is 144 cm³/mol. The van der Waals surface area contributed by atoms with E-state index in [1.807, 2.05) is 0 Å². The van der Waals surface area contributed by atoms with Crippen molar-refractivity contribution in [2.45, 2.75) is 84.2 Å². The van der Waals surface area contributed by atoms with Crippen molar-refractivity contribution in [1.29, 1.82) is 0 Å². The van der Waals surface area contributed by atoms with E-state index in [1.54, 1.807) is 30.3 Å². The number of nitrogens with zero attached hydrogens (tertiary/aromatic N) is 1. The van der Waals surface area contributed by atoms with Crippen LogP contribution in [-0.2, 0) is 22.7 Å². The molecule has 1 heterocycles. The molecule has 0 saturated heterocycles. The first-order chi connectivity index (χ1) is 17.8. The molecule has 1 aromatic carbocycles. The Balaban J connectivity index is 1.77. The van der Waals surface area contributed by atoms with Crippen molar-refractivity contribution in [2.75, 3.05) is 6.54 Å². The van der Waals surface area contributed by atoms with Crippen LogP contribution in [0.15, 0.2) is 36.4 Å². The maximum Gasteiger partial charge on any atom is 0.394 e. The lowest BCUT2D eigenvalue weighted by Crippen LogP contribution is -2.35. The molecule has 0 spiro atoms. The number of carbonyl (C=O) groups is 4. The number of carboxylic acid groups (broad SMARTS) is 2. The van der Waals surface area contributed by atoms with Crippen molar-refractivity contribution in [2.24, 2.45) is 0 Å². The van der Waals surface area contributed by atoms with Gasteiger partial charge in [-0.05, 0) is 36.2 Å². The van der Waals surface area contributed by atoms with Gasteiger partial charge < -0.3 is 20.4 Å². The lowest BCUT2D eigenvalue weighted by Gasteiger charge is -2.20. The van der Waals surface area contributed by atoms with Gasteiger partial charge in [-0.25, -0.2) is 9.59 Å². The van der Waals surface area contributed by atoms with E-state index >= 15 is 0 Å². The van der Waals surface area contributed by atoms with E-state index < -0.39 is 17.8 Å². The number of benzene rings is 1. The molecule has 0 bridgehead atoms. The molecule has 2 amide bonds. The summed E-state index contributed by atoms with van der Waals surface area (Å²) < 4.78 is 0. The standard InChI is InChI=1S/C28H38N2O6S/c1-2-3-4-5-6-7-8-9-10-11-18-29-25(31)22-14-12-21(13-15-22)19-30(26(32)28(35)36)20-23-16-17-24(37-23)27(33)34/h12-17H,2-11,18-20H2,1H3,(H,29,31)(H,33,34)(H,35,36). The molecule has 0 aliphatic rings. The van der Waals surface area contributed by atoms with E-state index in [9.17, 15) is 24.3 Å². The van der Waals surface area contributed by atoms with Crippen LogP contribution in [-0.4, -0.2) is 45.4 Å². The number of aromatic carboxylic acids is 1. The number of rotatable bonds is 17. The number of hydrogen-bond donors (Lipinski definition) is 3. The van der Waals surface area contributed by atoms with Gasteiger partial charge in [-0.1, -0.05) is 76.8 Å². The van der Waals surface area contributed by atoms with Gasteiger partial charge in [-0.2, -0.15) is 0 Å². The Morgan fingerprint density at radius 3 is 1.92 bits per heavy atom. The van der Waals surface area contributed by atoms with Gasteiger partial charge in [-0.3, -0.25) is 9.59 Å². The zero-order valence-electron chi connectivity index (χ0n) is 21.5. The number of carboxylic acids is 2. The second-order valence-electron chi connectivity index (χ2n) is 9.17. The fraction of sp³-hybridized carbons (Fsp3) is 0.500. The molecule has 0 aliphatic carbocycles. The van der Waals surface area contributed by atoms with Gasteiger partial charge in [0.25, 0.3) is 5.91 Å². The average molecular weight is 531 g/mol. The highest BCUT2D eigenvalue weighted by Gasteiger charge is 2.22. The van der Waals surface area contributed by atoms with Gasteiger partial charge in [0.15, 0.2) is 0 Å². The number of thiophene rings is 1. The second-order valence-corrected chi connectivity index (χ2v) is 10.3. The highest BCUT2D eigenvalue weighted by molar-refractivity contribution is 7.13. The summed E-state index contributed by atoms with van der Waals surface area (Å²) >= 11 is 0.994. The molecule has 0 unspecified atom stereocenters. The summed E-state index contributed by atoms with van der Waals surface area (Å²) in [5.41, 5.74) is 1.16. The zero-order valence-corrected chi connectivity index (χ0v) is 22.4. The van der Waals surface area contributed by atoms with E-state index in [0.29, 0.717) is 22.5 Å². The Morgan fingerprint density at radius 1 is 0.784 bits per heavy atom. The minimum absolute atomic E-state index is 0.0198.